The van der Waals surface area contributed by atoms with Gasteiger partial charge in [-0.1, -0.05) is 0 Å². The number of rotatable bonds is 8. The van der Waals surface area contributed by atoms with E-state index < -0.39 is 34.0 Å². The summed E-state index contributed by atoms with van der Waals surface area (Å²) >= 11 is 0. The van der Waals surface area contributed by atoms with Crippen molar-refractivity contribution in [2.75, 3.05) is 38.1 Å². The number of piperazine rings is 1. The third-order valence-corrected chi connectivity index (χ3v) is 7.68. The topological polar surface area (TPSA) is 101 Å². The maximum absolute atomic E-state index is 13.9. The normalized spacial score (nSPS) is 20.2. The lowest BCUT2D eigenvalue weighted by molar-refractivity contribution is -0.388. The number of ether oxygens (including phenoxy) is 1. The number of fused-ring (bicyclic) bond motifs is 1. The van der Waals surface area contributed by atoms with Gasteiger partial charge in [0.15, 0.2) is 11.4 Å². The number of nitrogens with one attached hydrogen (secondary N) is 1. The van der Waals surface area contributed by atoms with Gasteiger partial charge in [0.2, 0.25) is 5.91 Å². The molecule has 1 saturated carbocycles. The summed E-state index contributed by atoms with van der Waals surface area (Å²) in [7, 11) is 0. The summed E-state index contributed by atoms with van der Waals surface area (Å²) in [6, 6.07) is 6.37. The van der Waals surface area contributed by atoms with Crippen LogP contribution in [0, 0.1) is 21.7 Å². The number of nitrogens with zero attached hydrogens (tertiary/aromatic N) is 3. The molecule has 14 heteroatoms. The summed E-state index contributed by atoms with van der Waals surface area (Å²) in [5, 5.41) is 14.4. The Balaban J connectivity index is 1.03. The fourth-order valence-corrected chi connectivity index (χ4v) is 5.48. The monoisotopic (exact) mass is 596 g/mol. The molecule has 2 fully saturated rings. The Morgan fingerprint density at radius 2 is 1.76 bits per heavy atom. The van der Waals surface area contributed by atoms with Crippen LogP contribution in [0.15, 0.2) is 40.8 Å². The highest BCUT2D eigenvalue weighted by atomic mass is 19.4. The lowest BCUT2D eigenvalue weighted by atomic mass is 9.92. The minimum atomic E-state index is -4.85. The minimum absolute atomic E-state index is 0.0177. The summed E-state index contributed by atoms with van der Waals surface area (Å²) in [5.41, 5.74) is -2.11. The van der Waals surface area contributed by atoms with Crippen molar-refractivity contribution >= 4 is 28.3 Å². The highest BCUT2D eigenvalue weighted by Crippen LogP contribution is 2.38. The second kappa shape index (κ2) is 12.2. The molecule has 42 heavy (non-hydrogen) atoms. The Kier molecular flexibility index (Phi) is 8.64. The maximum Gasteiger partial charge on any atom is 0.423 e. The van der Waals surface area contributed by atoms with E-state index in [1.165, 1.54) is 12.1 Å². The molecule has 1 amide bonds. The number of anilines is 1. The zero-order valence-corrected chi connectivity index (χ0v) is 22.5. The average Bonchev–Trinajstić information content (AvgIpc) is 3.35. The number of nitro benzene ring substituents is 1. The molecule has 1 aliphatic carbocycles. The SMILES string of the molecule is O=C(CO[C@H]1CC[C@H](Nc2ccc([N+](=O)[O-])c(C(F)(F)F)c2)CC1)N1CCN(Cc2cc3cc(F)cc(F)c3o2)CC1. The minimum Gasteiger partial charge on any atom is -0.457 e. The fraction of sp³-hybridized carbons (Fsp3) is 0.464. The predicted octanol–water partition coefficient (Wildman–Crippen LogP) is 5.72. The molecule has 0 bridgehead atoms. The van der Waals surface area contributed by atoms with Crippen molar-refractivity contribution in [2.45, 2.75) is 50.6 Å². The Labute approximate surface area is 237 Å². The third kappa shape index (κ3) is 6.98. The van der Waals surface area contributed by atoms with Gasteiger partial charge in [0.05, 0.1) is 17.6 Å². The van der Waals surface area contributed by atoms with Crippen LogP contribution in [-0.4, -0.2) is 65.6 Å². The molecular weight excluding hydrogens is 567 g/mol. The van der Waals surface area contributed by atoms with Crippen LogP contribution in [0.25, 0.3) is 11.0 Å². The van der Waals surface area contributed by atoms with Gasteiger partial charge in [0.25, 0.3) is 5.69 Å². The van der Waals surface area contributed by atoms with E-state index in [0.717, 1.165) is 18.2 Å². The molecule has 1 N–H and O–H groups in total. The summed E-state index contributed by atoms with van der Waals surface area (Å²) in [4.78, 5) is 26.4. The van der Waals surface area contributed by atoms with Gasteiger partial charge in [-0.05, 0) is 49.9 Å². The first kappa shape index (κ1) is 29.7. The van der Waals surface area contributed by atoms with Gasteiger partial charge in [0, 0.05) is 55.4 Å². The number of nitro groups is 1. The molecular formula is C28H29F5N4O5. The van der Waals surface area contributed by atoms with Crippen LogP contribution >= 0.6 is 0 Å². The molecule has 0 atom stereocenters. The van der Waals surface area contributed by atoms with E-state index >= 15 is 0 Å². The summed E-state index contributed by atoms with van der Waals surface area (Å²) in [6.45, 7) is 2.45. The maximum atomic E-state index is 13.9. The first-order valence-electron chi connectivity index (χ1n) is 13.6. The summed E-state index contributed by atoms with van der Waals surface area (Å²) in [5.74, 6) is -1.05. The Morgan fingerprint density at radius 3 is 2.43 bits per heavy atom. The standard InChI is InChI=1S/C28H29F5N4O5/c29-18-11-17-12-22(42-27(17)24(30)13-18)15-35-7-9-36(10-8-35)26(38)16-41-21-4-1-19(2-5-21)34-20-3-6-25(37(39)40)23(14-20)28(31,32)33/h3,6,11-14,19,21,34H,1-2,4-5,7-10,15-16H2/t19-,21-. The Hall–Kier alpha value is -3.78. The van der Waals surface area contributed by atoms with E-state index in [-0.39, 0.29) is 35.9 Å². The number of alkyl halides is 3. The van der Waals surface area contributed by atoms with E-state index in [2.05, 4.69) is 10.2 Å². The third-order valence-electron chi connectivity index (χ3n) is 7.68. The highest BCUT2D eigenvalue weighted by molar-refractivity contribution is 5.78. The van der Waals surface area contributed by atoms with Gasteiger partial charge in [-0.15, -0.1) is 0 Å². The zero-order chi connectivity index (χ0) is 30.0. The molecule has 2 aliphatic rings. The number of benzene rings is 2. The van der Waals surface area contributed by atoms with E-state index in [4.69, 9.17) is 9.15 Å². The molecule has 3 aromatic rings. The van der Waals surface area contributed by atoms with Crippen LogP contribution in [0.3, 0.4) is 0 Å². The van der Waals surface area contributed by atoms with E-state index in [1.807, 2.05) is 0 Å². The van der Waals surface area contributed by atoms with Gasteiger partial charge < -0.3 is 19.4 Å². The molecule has 1 saturated heterocycles. The van der Waals surface area contributed by atoms with Gasteiger partial charge in [-0.25, -0.2) is 8.78 Å². The van der Waals surface area contributed by atoms with Crippen LogP contribution in [0.1, 0.15) is 37.0 Å². The van der Waals surface area contributed by atoms with Gasteiger partial charge >= 0.3 is 6.18 Å². The smallest absolute Gasteiger partial charge is 0.423 e. The van der Waals surface area contributed by atoms with Crippen molar-refractivity contribution in [1.29, 1.82) is 0 Å². The molecule has 0 radical (unpaired) electrons. The molecule has 9 nitrogen and oxygen atoms in total. The molecule has 2 heterocycles. The van der Waals surface area contributed by atoms with Crippen molar-refractivity contribution < 1.29 is 40.8 Å². The lowest BCUT2D eigenvalue weighted by Crippen LogP contribution is -2.49. The number of hydrogen-bond acceptors (Lipinski definition) is 7. The van der Waals surface area contributed by atoms with Crippen LogP contribution in [0.4, 0.5) is 33.3 Å². The average molecular weight is 597 g/mol. The van der Waals surface area contributed by atoms with Crippen molar-refractivity contribution in [3.05, 3.63) is 69.5 Å². The van der Waals surface area contributed by atoms with Crippen LogP contribution in [-0.2, 0) is 22.3 Å². The van der Waals surface area contributed by atoms with E-state index in [0.29, 0.717) is 69.6 Å². The molecule has 226 valence electrons. The quantitative estimate of drug-likeness (QED) is 0.202. The molecule has 2 aromatic carbocycles. The first-order valence-corrected chi connectivity index (χ1v) is 13.6. The van der Waals surface area contributed by atoms with Crippen molar-refractivity contribution in [3.63, 3.8) is 0 Å². The van der Waals surface area contributed by atoms with Crippen molar-refractivity contribution in [3.8, 4) is 0 Å². The van der Waals surface area contributed by atoms with Crippen molar-refractivity contribution in [1.82, 2.24) is 9.80 Å². The summed E-state index contributed by atoms with van der Waals surface area (Å²) in [6.07, 6.45) is -2.57. The predicted molar refractivity (Wildman–Crippen MR) is 142 cm³/mol. The van der Waals surface area contributed by atoms with Gasteiger partial charge in [-0.2, -0.15) is 13.2 Å². The molecule has 1 aliphatic heterocycles. The Bertz CT molecular complexity index is 1450. The number of carbonyl (C=O) groups excluding carboxylic acids is 1. The van der Waals surface area contributed by atoms with Crippen LogP contribution in [0.5, 0.6) is 0 Å². The fourth-order valence-electron chi connectivity index (χ4n) is 5.48. The second-order valence-corrected chi connectivity index (χ2v) is 10.6. The second-order valence-electron chi connectivity index (χ2n) is 10.6. The number of hydrogen-bond donors (Lipinski definition) is 1. The largest absolute Gasteiger partial charge is 0.457 e. The summed E-state index contributed by atoms with van der Waals surface area (Å²) < 4.78 is 78.5. The molecule has 0 unspecified atom stereocenters. The first-order chi connectivity index (χ1) is 20.0. The number of amides is 1. The number of halogens is 5. The lowest BCUT2D eigenvalue weighted by Gasteiger charge is -2.35. The van der Waals surface area contributed by atoms with Gasteiger partial charge in [0.1, 0.15) is 23.7 Å². The van der Waals surface area contributed by atoms with E-state index in [9.17, 15) is 36.9 Å². The highest BCUT2D eigenvalue weighted by Gasteiger charge is 2.38. The molecule has 0 spiro atoms. The van der Waals surface area contributed by atoms with Gasteiger partial charge in [-0.3, -0.25) is 19.8 Å². The number of carbonyl (C=O) groups is 1. The zero-order valence-electron chi connectivity index (χ0n) is 22.5. The van der Waals surface area contributed by atoms with Crippen LogP contribution < -0.4 is 5.32 Å². The molecule has 5 rings (SSSR count). The number of furan rings is 1. The van der Waals surface area contributed by atoms with E-state index in [1.54, 1.807) is 11.0 Å². The molecule has 1 aromatic heterocycles. The Morgan fingerprint density at radius 1 is 1.05 bits per heavy atom. The van der Waals surface area contributed by atoms with Crippen molar-refractivity contribution in [2.24, 2.45) is 0 Å². The van der Waals surface area contributed by atoms with Crippen LogP contribution in [0.2, 0.25) is 0 Å².